The molecule has 3 rings (SSSR count). The van der Waals surface area contributed by atoms with Gasteiger partial charge < -0.3 is 9.30 Å². The van der Waals surface area contributed by atoms with Crippen LogP contribution in [0.4, 0.5) is 14.5 Å². The molecule has 1 aromatic heterocycles. The first-order chi connectivity index (χ1) is 11.4. The Morgan fingerprint density at radius 2 is 1.96 bits per heavy atom. The van der Waals surface area contributed by atoms with Gasteiger partial charge in [0, 0.05) is 18.7 Å². The zero-order chi connectivity index (χ0) is 17.3. The van der Waals surface area contributed by atoms with E-state index in [1.165, 1.54) is 12.1 Å². The van der Waals surface area contributed by atoms with Gasteiger partial charge >= 0.3 is 6.11 Å². The molecule has 0 amide bonds. The first kappa shape index (κ1) is 15.9. The Kier molecular flexibility index (Phi) is 3.88. The van der Waals surface area contributed by atoms with Crippen molar-refractivity contribution in [3.05, 3.63) is 64.5 Å². The van der Waals surface area contributed by atoms with Gasteiger partial charge in [0.25, 0.3) is 5.69 Å². The van der Waals surface area contributed by atoms with E-state index in [0.29, 0.717) is 12.1 Å². The molecule has 8 heteroatoms. The van der Waals surface area contributed by atoms with Crippen LogP contribution in [-0.4, -0.2) is 14.5 Å². The number of halogens is 2. The molecule has 0 aliphatic heterocycles. The van der Waals surface area contributed by atoms with E-state index in [2.05, 4.69) is 4.98 Å². The van der Waals surface area contributed by atoms with E-state index in [0.717, 1.165) is 29.8 Å². The Morgan fingerprint density at radius 1 is 1.25 bits per heavy atom. The third-order valence-electron chi connectivity index (χ3n) is 3.59. The van der Waals surface area contributed by atoms with Crippen LogP contribution in [0.2, 0.25) is 0 Å². The lowest BCUT2D eigenvalue weighted by molar-refractivity contribution is -0.384. The number of hydrogen-bond donors (Lipinski definition) is 0. The van der Waals surface area contributed by atoms with E-state index in [-0.39, 0.29) is 17.0 Å². The van der Waals surface area contributed by atoms with Crippen molar-refractivity contribution in [2.75, 3.05) is 0 Å². The Morgan fingerprint density at radius 3 is 2.58 bits per heavy atom. The van der Waals surface area contributed by atoms with Crippen molar-refractivity contribution >= 4 is 16.7 Å². The largest absolute Gasteiger partial charge is 0.429 e. The van der Waals surface area contributed by atoms with Crippen LogP contribution < -0.4 is 4.74 Å². The quantitative estimate of drug-likeness (QED) is 0.521. The molecule has 0 atom stereocenters. The lowest BCUT2D eigenvalue weighted by Gasteiger charge is -2.18. The normalized spacial score (nSPS) is 11.6. The van der Waals surface area contributed by atoms with Crippen LogP contribution in [0.15, 0.2) is 48.8 Å². The fourth-order valence-electron chi connectivity index (χ4n) is 2.34. The zero-order valence-corrected chi connectivity index (χ0v) is 12.6. The molecule has 0 fully saturated rings. The first-order valence-electron chi connectivity index (χ1n) is 7.17. The Hall–Kier alpha value is -3.03. The molecule has 0 saturated carbocycles. The predicted octanol–water partition coefficient (Wildman–Crippen LogP) is 4.09. The fourth-order valence-corrected chi connectivity index (χ4v) is 2.34. The number of aryl methyl sites for hydroxylation is 1. The summed E-state index contributed by atoms with van der Waals surface area (Å²) in [5.74, 6) is -0.162. The molecule has 24 heavy (non-hydrogen) atoms. The Bertz CT molecular complexity index is 891. The molecule has 124 valence electrons. The summed E-state index contributed by atoms with van der Waals surface area (Å²) in [6.45, 7) is 2.62. The average Bonchev–Trinajstić information content (AvgIpc) is 2.97. The number of nitrogens with zero attached hydrogens (tertiary/aromatic N) is 3. The smallest absolute Gasteiger partial charge is 0.426 e. The van der Waals surface area contributed by atoms with E-state index in [4.69, 9.17) is 4.74 Å². The number of nitro groups is 1. The average molecular weight is 333 g/mol. The van der Waals surface area contributed by atoms with Gasteiger partial charge in [-0.15, -0.1) is 0 Å². The highest BCUT2D eigenvalue weighted by Crippen LogP contribution is 2.33. The zero-order valence-electron chi connectivity index (χ0n) is 12.6. The van der Waals surface area contributed by atoms with E-state index in [1.807, 2.05) is 11.5 Å². The summed E-state index contributed by atoms with van der Waals surface area (Å²) in [7, 11) is 0. The summed E-state index contributed by atoms with van der Waals surface area (Å²) < 4.78 is 35.2. The van der Waals surface area contributed by atoms with Gasteiger partial charge in [-0.05, 0) is 37.3 Å². The Labute approximate surface area is 135 Å². The molecule has 0 N–H and O–H groups in total. The minimum absolute atomic E-state index is 0.162. The molecule has 3 aromatic rings. The minimum atomic E-state index is -3.58. The number of rotatable bonds is 5. The van der Waals surface area contributed by atoms with Gasteiger partial charge in [0.2, 0.25) is 0 Å². The first-order valence-corrected chi connectivity index (χ1v) is 7.17. The summed E-state index contributed by atoms with van der Waals surface area (Å²) >= 11 is 0. The second-order valence-corrected chi connectivity index (χ2v) is 5.10. The van der Waals surface area contributed by atoms with Crippen molar-refractivity contribution < 1.29 is 18.4 Å². The lowest BCUT2D eigenvalue weighted by Crippen LogP contribution is -2.21. The van der Waals surface area contributed by atoms with Crippen molar-refractivity contribution in [1.29, 1.82) is 0 Å². The number of ether oxygens (including phenoxy) is 1. The minimum Gasteiger partial charge on any atom is -0.429 e. The van der Waals surface area contributed by atoms with Crippen molar-refractivity contribution in [3.8, 4) is 5.75 Å². The lowest BCUT2D eigenvalue weighted by atomic mass is 10.2. The maximum Gasteiger partial charge on any atom is 0.426 e. The van der Waals surface area contributed by atoms with Crippen LogP contribution in [0.25, 0.3) is 11.0 Å². The molecule has 0 unspecified atom stereocenters. The highest BCUT2D eigenvalue weighted by atomic mass is 19.3. The van der Waals surface area contributed by atoms with E-state index < -0.39 is 11.0 Å². The van der Waals surface area contributed by atoms with E-state index in [9.17, 15) is 18.9 Å². The molecule has 0 bridgehead atoms. The fraction of sp³-hybridized carbons (Fsp3) is 0.188. The van der Waals surface area contributed by atoms with Crippen molar-refractivity contribution in [2.45, 2.75) is 19.6 Å². The van der Waals surface area contributed by atoms with Gasteiger partial charge in [-0.25, -0.2) is 4.98 Å². The molecule has 0 aliphatic rings. The van der Waals surface area contributed by atoms with Crippen molar-refractivity contribution in [1.82, 2.24) is 9.55 Å². The topological polar surface area (TPSA) is 70.2 Å². The number of alkyl halides is 2. The molecule has 2 aromatic carbocycles. The predicted molar refractivity (Wildman–Crippen MR) is 83.0 cm³/mol. The van der Waals surface area contributed by atoms with Gasteiger partial charge in [0.05, 0.1) is 27.8 Å². The van der Waals surface area contributed by atoms with Crippen LogP contribution in [-0.2, 0) is 12.7 Å². The number of aromatic nitrogens is 2. The monoisotopic (exact) mass is 333 g/mol. The van der Waals surface area contributed by atoms with Crippen LogP contribution >= 0.6 is 0 Å². The van der Waals surface area contributed by atoms with Crippen LogP contribution in [0.3, 0.4) is 0 Å². The van der Waals surface area contributed by atoms with Crippen LogP contribution in [0, 0.1) is 10.1 Å². The summed E-state index contributed by atoms with van der Waals surface area (Å²) in [5.41, 5.74) is 0.667. The SMILES string of the molecule is CCn1cnc2cc(C(F)(F)Oc3ccc([N+](=O)[O-])cc3)ccc21. The number of hydrogen-bond acceptors (Lipinski definition) is 4. The molecule has 0 radical (unpaired) electrons. The molecule has 1 heterocycles. The molecule has 0 spiro atoms. The highest BCUT2D eigenvalue weighted by molar-refractivity contribution is 5.76. The third-order valence-corrected chi connectivity index (χ3v) is 3.59. The highest BCUT2D eigenvalue weighted by Gasteiger charge is 2.35. The molecular formula is C16H13F2N3O3. The van der Waals surface area contributed by atoms with Gasteiger partial charge in [0.1, 0.15) is 5.75 Å². The maximum absolute atomic E-state index is 14.3. The van der Waals surface area contributed by atoms with Gasteiger partial charge in [-0.1, -0.05) is 0 Å². The Balaban J connectivity index is 1.87. The number of imidazole rings is 1. The third kappa shape index (κ3) is 2.90. The van der Waals surface area contributed by atoms with Gasteiger partial charge in [-0.3, -0.25) is 10.1 Å². The molecule has 0 saturated heterocycles. The second-order valence-electron chi connectivity index (χ2n) is 5.10. The van der Waals surface area contributed by atoms with Crippen LogP contribution in [0.1, 0.15) is 12.5 Å². The molecular weight excluding hydrogens is 320 g/mol. The van der Waals surface area contributed by atoms with E-state index >= 15 is 0 Å². The number of fused-ring (bicyclic) bond motifs is 1. The summed E-state index contributed by atoms with van der Waals surface area (Å²) in [5, 5.41) is 10.6. The van der Waals surface area contributed by atoms with E-state index in [1.54, 1.807) is 12.4 Å². The van der Waals surface area contributed by atoms with Crippen molar-refractivity contribution in [3.63, 3.8) is 0 Å². The maximum atomic E-state index is 14.3. The number of non-ortho nitro benzene ring substituents is 1. The second kappa shape index (κ2) is 5.88. The number of benzene rings is 2. The molecule has 0 aliphatic carbocycles. The van der Waals surface area contributed by atoms with Crippen molar-refractivity contribution in [2.24, 2.45) is 0 Å². The number of nitro benzene ring substituents is 1. The van der Waals surface area contributed by atoms with Gasteiger partial charge in [-0.2, -0.15) is 8.78 Å². The van der Waals surface area contributed by atoms with Gasteiger partial charge in [0.15, 0.2) is 0 Å². The summed E-state index contributed by atoms with van der Waals surface area (Å²) in [6, 6.07) is 8.60. The standard InChI is InChI=1S/C16H13F2N3O3/c1-2-20-10-19-14-9-11(3-8-15(14)20)16(17,18)24-13-6-4-12(5-7-13)21(22)23/h3-10H,2H2,1H3. The summed E-state index contributed by atoms with van der Waals surface area (Å²) in [6.07, 6.45) is -2.00. The molecule has 6 nitrogen and oxygen atoms in total. The summed E-state index contributed by atoms with van der Waals surface area (Å²) in [4.78, 5) is 14.1. The van der Waals surface area contributed by atoms with Crippen LogP contribution in [0.5, 0.6) is 5.75 Å².